The average Bonchev–Trinajstić information content (AvgIpc) is 3.11. The summed E-state index contributed by atoms with van der Waals surface area (Å²) < 4.78 is 5.61. The van der Waals surface area contributed by atoms with Crippen molar-refractivity contribution >= 4 is 12.2 Å². The fourth-order valence-electron chi connectivity index (χ4n) is 1.52. The third-order valence-electron chi connectivity index (χ3n) is 2.55. The van der Waals surface area contributed by atoms with Crippen LogP contribution < -0.4 is 4.74 Å². The van der Waals surface area contributed by atoms with Crippen LogP contribution in [0.3, 0.4) is 0 Å². The van der Waals surface area contributed by atoms with Crippen LogP contribution in [0.5, 0.6) is 5.75 Å². The predicted molar refractivity (Wildman–Crippen MR) is 63.5 cm³/mol. The van der Waals surface area contributed by atoms with Crippen LogP contribution in [0.15, 0.2) is 18.2 Å². The zero-order valence-corrected chi connectivity index (χ0v) is 9.97. The maximum atomic E-state index is 11.8. The third kappa shape index (κ3) is 2.84. The Labute approximate surface area is 100 Å². The van der Waals surface area contributed by atoms with Gasteiger partial charge in [-0.1, -0.05) is 0 Å². The van der Waals surface area contributed by atoms with Crippen molar-refractivity contribution in [3.05, 3.63) is 29.3 Å². The van der Waals surface area contributed by atoms with Gasteiger partial charge in [-0.2, -0.15) is 0 Å². The molecule has 0 unspecified atom stereocenters. The van der Waals surface area contributed by atoms with Crippen molar-refractivity contribution in [3.63, 3.8) is 0 Å². The number of carbonyl (C=O) groups excluding carboxylic acids is 2. The molecule has 1 amide bonds. The van der Waals surface area contributed by atoms with Crippen LogP contribution in [0.4, 0.5) is 0 Å². The van der Waals surface area contributed by atoms with Gasteiger partial charge in [0.1, 0.15) is 12.0 Å². The standard InChI is InChI=1S/C13H15NO3/c1-14(2)13(16)10-5-9(8-15)6-12(7-10)17-11-3-4-11/h5-8,11H,3-4H2,1-2H3. The van der Waals surface area contributed by atoms with Gasteiger partial charge in [0.15, 0.2) is 0 Å². The molecule has 17 heavy (non-hydrogen) atoms. The van der Waals surface area contributed by atoms with Crippen molar-refractivity contribution < 1.29 is 14.3 Å². The fraction of sp³-hybridized carbons (Fsp3) is 0.385. The Morgan fingerprint density at radius 1 is 1.35 bits per heavy atom. The number of nitrogens with zero attached hydrogens (tertiary/aromatic N) is 1. The van der Waals surface area contributed by atoms with Crippen LogP contribution >= 0.6 is 0 Å². The molecule has 4 heteroatoms. The largest absolute Gasteiger partial charge is 0.490 e. The molecular weight excluding hydrogens is 218 g/mol. The Balaban J connectivity index is 2.30. The smallest absolute Gasteiger partial charge is 0.253 e. The van der Waals surface area contributed by atoms with Crippen molar-refractivity contribution in [1.29, 1.82) is 0 Å². The van der Waals surface area contributed by atoms with Gasteiger partial charge in [0.05, 0.1) is 6.10 Å². The summed E-state index contributed by atoms with van der Waals surface area (Å²) in [7, 11) is 3.36. The number of amides is 1. The van der Waals surface area contributed by atoms with Gasteiger partial charge in [0.25, 0.3) is 5.91 Å². The summed E-state index contributed by atoms with van der Waals surface area (Å²) in [5.41, 5.74) is 0.948. The highest BCUT2D eigenvalue weighted by Crippen LogP contribution is 2.28. The molecule has 1 aliphatic carbocycles. The lowest BCUT2D eigenvalue weighted by Crippen LogP contribution is -2.21. The van der Waals surface area contributed by atoms with E-state index in [9.17, 15) is 9.59 Å². The molecule has 0 radical (unpaired) electrons. The molecule has 0 saturated heterocycles. The van der Waals surface area contributed by atoms with E-state index in [4.69, 9.17) is 4.74 Å². The molecule has 1 aliphatic rings. The molecule has 0 aromatic heterocycles. The molecule has 2 rings (SSSR count). The molecule has 1 saturated carbocycles. The molecule has 0 spiro atoms. The average molecular weight is 233 g/mol. The normalized spacial score (nSPS) is 14.2. The van der Waals surface area contributed by atoms with E-state index in [1.807, 2.05) is 0 Å². The van der Waals surface area contributed by atoms with Crippen LogP contribution in [0.2, 0.25) is 0 Å². The van der Waals surface area contributed by atoms with Crippen molar-refractivity contribution in [2.24, 2.45) is 0 Å². The summed E-state index contributed by atoms with van der Waals surface area (Å²) in [5, 5.41) is 0. The summed E-state index contributed by atoms with van der Waals surface area (Å²) >= 11 is 0. The number of hydrogen-bond acceptors (Lipinski definition) is 3. The summed E-state index contributed by atoms with van der Waals surface area (Å²) in [6, 6.07) is 4.93. The minimum atomic E-state index is -0.130. The van der Waals surface area contributed by atoms with E-state index < -0.39 is 0 Å². The predicted octanol–water partition coefficient (Wildman–Crippen LogP) is 1.74. The maximum absolute atomic E-state index is 11.8. The highest BCUT2D eigenvalue weighted by Gasteiger charge is 2.24. The van der Waals surface area contributed by atoms with E-state index >= 15 is 0 Å². The van der Waals surface area contributed by atoms with Gasteiger partial charge in [-0.3, -0.25) is 9.59 Å². The van der Waals surface area contributed by atoms with Crippen LogP contribution in [-0.2, 0) is 0 Å². The lowest BCUT2D eigenvalue weighted by molar-refractivity contribution is 0.0827. The summed E-state index contributed by atoms with van der Waals surface area (Å²) in [6.45, 7) is 0. The van der Waals surface area contributed by atoms with E-state index in [-0.39, 0.29) is 12.0 Å². The minimum absolute atomic E-state index is 0.130. The van der Waals surface area contributed by atoms with Crippen molar-refractivity contribution in [2.45, 2.75) is 18.9 Å². The zero-order chi connectivity index (χ0) is 12.4. The molecule has 1 aromatic carbocycles. The zero-order valence-electron chi connectivity index (χ0n) is 9.97. The minimum Gasteiger partial charge on any atom is -0.490 e. The second-order valence-electron chi connectivity index (χ2n) is 4.43. The van der Waals surface area contributed by atoms with Crippen LogP contribution in [0.1, 0.15) is 33.6 Å². The molecule has 0 heterocycles. The quantitative estimate of drug-likeness (QED) is 0.744. The summed E-state index contributed by atoms with van der Waals surface area (Å²) in [4.78, 5) is 24.1. The number of ether oxygens (including phenoxy) is 1. The van der Waals surface area contributed by atoms with Crippen LogP contribution in [-0.4, -0.2) is 37.3 Å². The summed E-state index contributed by atoms with van der Waals surface area (Å²) in [5.74, 6) is 0.469. The van der Waals surface area contributed by atoms with E-state index in [1.165, 1.54) is 4.90 Å². The van der Waals surface area contributed by atoms with Gasteiger partial charge in [-0.25, -0.2) is 0 Å². The van der Waals surface area contributed by atoms with E-state index in [0.29, 0.717) is 16.9 Å². The molecule has 90 valence electrons. The molecule has 1 aromatic rings. The van der Waals surface area contributed by atoms with Gasteiger partial charge in [-0.05, 0) is 31.0 Å². The topological polar surface area (TPSA) is 46.6 Å². The lowest BCUT2D eigenvalue weighted by atomic mass is 10.1. The van der Waals surface area contributed by atoms with Crippen molar-refractivity contribution in [2.75, 3.05) is 14.1 Å². The third-order valence-corrected chi connectivity index (χ3v) is 2.55. The first-order valence-corrected chi connectivity index (χ1v) is 5.58. The first-order chi connectivity index (χ1) is 8.10. The molecule has 4 nitrogen and oxygen atoms in total. The van der Waals surface area contributed by atoms with E-state index in [1.54, 1.807) is 32.3 Å². The van der Waals surface area contributed by atoms with Crippen LogP contribution in [0.25, 0.3) is 0 Å². The number of carbonyl (C=O) groups is 2. The van der Waals surface area contributed by atoms with E-state index in [2.05, 4.69) is 0 Å². The number of benzene rings is 1. The van der Waals surface area contributed by atoms with E-state index in [0.717, 1.165) is 19.1 Å². The van der Waals surface area contributed by atoms with Crippen molar-refractivity contribution in [3.8, 4) is 5.75 Å². The highest BCUT2D eigenvalue weighted by atomic mass is 16.5. The Hall–Kier alpha value is -1.84. The summed E-state index contributed by atoms with van der Waals surface area (Å²) in [6.07, 6.45) is 3.07. The Morgan fingerprint density at radius 2 is 2.06 bits per heavy atom. The SMILES string of the molecule is CN(C)C(=O)c1cc(C=O)cc(OC2CC2)c1. The van der Waals surface area contributed by atoms with Gasteiger partial charge >= 0.3 is 0 Å². The van der Waals surface area contributed by atoms with Gasteiger partial charge in [0.2, 0.25) is 0 Å². The van der Waals surface area contributed by atoms with Crippen molar-refractivity contribution in [1.82, 2.24) is 4.90 Å². The van der Waals surface area contributed by atoms with Gasteiger partial charge in [-0.15, -0.1) is 0 Å². The second kappa shape index (κ2) is 4.57. The monoisotopic (exact) mass is 233 g/mol. The number of aldehydes is 1. The molecule has 0 bridgehead atoms. The lowest BCUT2D eigenvalue weighted by Gasteiger charge is -2.12. The highest BCUT2D eigenvalue weighted by molar-refractivity contribution is 5.96. The Bertz CT molecular complexity index is 450. The second-order valence-corrected chi connectivity index (χ2v) is 4.43. The molecule has 0 N–H and O–H groups in total. The van der Waals surface area contributed by atoms with Crippen LogP contribution in [0, 0.1) is 0 Å². The molecule has 0 atom stereocenters. The Morgan fingerprint density at radius 3 is 2.59 bits per heavy atom. The first kappa shape index (κ1) is 11.6. The van der Waals surface area contributed by atoms with Gasteiger partial charge in [0, 0.05) is 25.2 Å². The number of hydrogen-bond donors (Lipinski definition) is 0. The number of rotatable bonds is 4. The maximum Gasteiger partial charge on any atom is 0.253 e. The molecule has 1 fully saturated rings. The first-order valence-electron chi connectivity index (χ1n) is 5.58. The van der Waals surface area contributed by atoms with Gasteiger partial charge < -0.3 is 9.64 Å². The Kier molecular flexibility index (Phi) is 3.13. The fourth-order valence-corrected chi connectivity index (χ4v) is 1.52. The molecule has 0 aliphatic heterocycles. The molecular formula is C13H15NO3.